The third-order valence-electron chi connectivity index (χ3n) is 4.43. The molecule has 0 radical (unpaired) electrons. The first-order chi connectivity index (χ1) is 12.5. The first-order valence-electron chi connectivity index (χ1n) is 8.67. The van der Waals surface area contributed by atoms with Gasteiger partial charge in [-0.3, -0.25) is 9.59 Å². The van der Waals surface area contributed by atoms with Gasteiger partial charge in [0.1, 0.15) is 0 Å². The van der Waals surface area contributed by atoms with E-state index >= 15 is 0 Å². The maximum atomic E-state index is 12.3. The average Bonchev–Trinajstić information content (AvgIpc) is 3.09. The number of benzene rings is 1. The highest BCUT2D eigenvalue weighted by molar-refractivity contribution is 7.10. The van der Waals surface area contributed by atoms with E-state index in [0.29, 0.717) is 17.7 Å². The Labute approximate surface area is 156 Å². The number of aryl methyl sites for hydroxylation is 1. The number of ether oxygens (including phenoxy) is 1. The molecule has 6 heteroatoms. The number of esters is 1. The third kappa shape index (κ3) is 4.38. The minimum Gasteiger partial charge on any atom is -0.454 e. The Hall–Kier alpha value is -2.47. The van der Waals surface area contributed by atoms with Gasteiger partial charge in [-0.2, -0.15) is 0 Å². The smallest absolute Gasteiger partial charge is 0.339 e. The molecule has 1 N–H and O–H groups in total. The molecule has 3 rings (SSSR count). The Kier molecular flexibility index (Phi) is 5.83. The van der Waals surface area contributed by atoms with Crippen molar-refractivity contribution in [1.82, 2.24) is 5.32 Å². The fourth-order valence-corrected chi connectivity index (χ4v) is 4.11. The summed E-state index contributed by atoms with van der Waals surface area (Å²) in [6, 6.07) is 6.92. The van der Waals surface area contributed by atoms with Crippen LogP contribution in [0.5, 0.6) is 0 Å². The second-order valence-corrected chi connectivity index (χ2v) is 7.33. The lowest BCUT2D eigenvalue weighted by Crippen LogP contribution is -2.19. The van der Waals surface area contributed by atoms with Gasteiger partial charge in [-0.15, -0.1) is 11.3 Å². The standard InChI is InChI=1S/C20H21NO4S/c1-13(22)21-10-14-6-8-15(9-7-14)18(23)11-25-20(24)17-12-26-19-5-3-2-4-16(17)19/h6-9,12H,2-5,10-11H2,1H3,(H,21,22). The number of carbonyl (C=O) groups is 3. The SMILES string of the molecule is CC(=O)NCc1ccc(C(=O)COC(=O)c2csc3c2CCCC3)cc1. The zero-order valence-corrected chi connectivity index (χ0v) is 15.5. The molecule has 1 amide bonds. The number of rotatable bonds is 6. The Morgan fingerprint density at radius 2 is 1.85 bits per heavy atom. The Morgan fingerprint density at radius 3 is 2.58 bits per heavy atom. The van der Waals surface area contributed by atoms with E-state index in [1.807, 2.05) is 5.38 Å². The topological polar surface area (TPSA) is 72.5 Å². The fourth-order valence-electron chi connectivity index (χ4n) is 2.99. The Morgan fingerprint density at radius 1 is 1.12 bits per heavy atom. The van der Waals surface area contributed by atoms with E-state index in [1.165, 1.54) is 18.2 Å². The van der Waals surface area contributed by atoms with Gasteiger partial charge in [-0.25, -0.2) is 4.79 Å². The van der Waals surface area contributed by atoms with Gasteiger partial charge in [0.15, 0.2) is 12.4 Å². The first kappa shape index (κ1) is 18.3. The number of amides is 1. The van der Waals surface area contributed by atoms with E-state index in [2.05, 4.69) is 5.32 Å². The normalized spacial score (nSPS) is 13.0. The lowest BCUT2D eigenvalue weighted by Gasteiger charge is -2.12. The quantitative estimate of drug-likeness (QED) is 0.625. The second-order valence-electron chi connectivity index (χ2n) is 6.36. The van der Waals surface area contributed by atoms with Crippen molar-refractivity contribution in [2.24, 2.45) is 0 Å². The van der Waals surface area contributed by atoms with Crippen LogP contribution in [0.2, 0.25) is 0 Å². The van der Waals surface area contributed by atoms with Gasteiger partial charge < -0.3 is 10.1 Å². The third-order valence-corrected chi connectivity index (χ3v) is 5.52. The van der Waals surface area contributed by atoms with Crippen molar-refractivity contribution in [1.29, 1.82) is 0 Å². The molecule has 2 aromatic rings. The molecule has 5 nitrogen and oxygen atoms in total. The zero-order chi connectivity index (χ0) is 18.5. The number of ketones is 1. The first-order valence-corrected chi connectivity index (χ1v) is 9.55. The fraction of sp³-hybridized carbons (Fsp3) is 0.350. The molecule has 1 heterocycles. The molecular weight excluding hydrogens is 350 g/mol. The molecule has 1 aromatic heterocycles. The van der Waals surface area contributed by atoms with E-state index in [-0.39, 0.29) is 18.3 Å². The lowest BCUT2D eigenvalue weighted by atomic mass is 9.96. The molecule has 0 saturated carbocycles. The number of hydrogen-bond donors (Lipinski definition) is 1. The molecule has 0 bridgehead atoms. The van der Waals surface area contributed by atoms with Crippen molar-refractivity contribution >= 4 is 29.0 Å². The minimum absolute atomic E-state index is 0.104. The van der Waals surface area contributed by atoms with E-state index in [9.17, 15) is 14.4 Å². The molecule has 1 aliphatic carbocycles. The van der Waals surface area contributed by atoms with Crippen molar-refractivity contribution in [2.45, 2.75) is 39.2 Å². The van der Waals surface area contributed by atoms with Gasteiger partial charge in [0.05, 0.1) is 5.56 Å². The summed E-state index contributed by atoms with van der Waals surface area (Å²) < 4.78 is 5.24. The van der Waals surface area contributed by atoms with Crippen LogP contribution in [0.15, 0.2) is 29.6 Å². The molecule has 1 aromatic carbocycles. The van der Waals surface area contributed by atoms with Crippen molar-refractivity contribution in [3.8, 4) is 0 Å². The van der Waals surface area contributed by atoms with Gasteiger partial charge in [-0.1, -0.05) is 24.3 Å². The molecule has 1 aliphatic rings. The Balaban J connectivity index is 1.56. The predicted octanol–water partition coefficient (Wildman–Crippen LogP) is 3.30. The number of nitrogens with one attached hydrogen (secondary N) is 1. The predicted molar refractivity (Wildman–Crippen MR) is 99.5 cm³/mol. The maximum absolute atomic E-state index is 12.3. The summed E-state index contributed by atoms with van der Waals surface area (Å²) in [7, 11) is 0. The van der Waals surface area contributed by atoms with Crippen LogP contribution in [-0.2, 0) is 28.9 Å². The molecular formula is C20H21NO4S. The summed E-state index contributed by atoms with van der Waals surface area (Å²) in [4.78, 5) is 36.7. The van der Waals surface area contributed by atoms with Crippen LogP contribution in [0.4, 0.5) is 0 Å². The van der Waals surface area contributed by atoms with Crippen LogP contribution < -0.4 is 5.32 Å². The lowest BCUT2D eigenvalue weighted by molar-refractivity contribution is -0.119. The molecule has 0 aliphatic heterocycles. The zero-order valence-electron chi connectivity index (χ0n) is 14.7. The summed E-state index contributed by atoms with van der Waals surface area (Å²) in [5.41, 5.74) is 3.10. The van der Waals surface area contributed by atoms with E-state index in [1.54, 1.807) is 35.6 Å². The minimum atomic E-state index is -0.417. The molecule has 0 atom stereocenters. The summed E-state index contributed by atoms with van der Waals surface area (Å²) in [5, 5.41) is 4.55. The summed E-state index contributed by atoms with van der Waals surface area (Å²) in [6.45, 7) is 1.60. The van der Waals surface area contributed by atoms with Gasteiger partial charge in [0, 0.05) is 29.3 Å². The van der Waals surface area contributed by atoms with Gasteiger partial charge in [-0.05, 0) is 36.8 Å². The van der Waals surface area contributed by atoms with Crippen LogP contribution >= 0.6 is 11.3 Å². The van der Waals surface area contributed by atoms with E-state index in [0.717, 1.165) is 30.4 Å². The van der Waals surface area contributed by atoms with Crippen LogP contribution in [0.25, 0.3) is 0 Å². The highest BCUT2D eigenvalue weighted by Crippen LogP contribution is 2.30. The molecule has 136 valence electrons. The Bertz CT molecular complexity index is 823. The summed E-state index contributed by atoms with van der Waals surface area (Å²) in [5.74, 6) is -0.763. The summed E-state index contributed by atoms with van der Waals surface area (Å²) >= 11 is 1.60. The number of thiophene rings is 1. The number of carbonyl (C=O) groups excluding carboxylic acids is 3. The molecule has 0 spiro atoms. The molecule has 0 saturated heterocycles. The number of Topliss-reactive ketones (excluding diaryl/α,β-unsaturated/α-hetero) is 1. The molecule has 0 fully saturated rings. The maximum Gasteiger partial charge on any atom is 0.339 e. The summed E-state index contributed by atoms with van der Waals surface area (Å²) in [6.07, 6.45) is 4.19. The van der Waals surface area contributed by atoms with E-state index in [4.69, 9.17) is 4.74 Å². The van der Waals surface area contributed by atoms with E-state index < -0.39 is 5.97 Å². The van der Waals surface area contributed by atoms with Crippen molar-refractivity contribution < 1.29 is 19.1 Å². The van der Waals surface area contributed by atoms with Crippen molar-refractivity contribution in [3.63, 3.8) is 0 Å². The number of hydrogen-bond acceptors (Lipinski definition) is 5. The van der Waals surface area contributed by atoms with Gasteiger partial charge >= 0.3 is 5.97 Å². The number of fused-ring (bicyclic) bond motifs is 1. The van der Waals surface area contributed by atoms with Crippen LogP contribution in [0.1, 0.15) is 56.5 Å². The molecule has 0 unspecified atom stereocenters. The highest BCUT2D eigenvalue weighted by Gasteiger charge is 2.21. The van der Waals surface area contributed by atoms with Crippen LogP contribution in [-0.4, -0.2) is 24.3 Å². The van der Waals surface area contributed by atoms with Gasteiger partial charge in [0.25, 0.3) is 0 Å². The van der Waals surface area contributed by atoms with Crippen molar-refractivity contribution in [3.05, 3.63) is 56.8 Å². The highest BCUT2D eigenvalue weighted by atomic mass is 32.1. The van der Waals surface area contributed by atoms with Crippen molar-refractivity contribution in [2.75, 3.05) is 6.61 Å². The monoisotopic (exact) mass is 371 g/mol. The van der Waals surface area contributed by atoms with Crippen LogP contribution in [0.3, 0.4) is 0 Å². The van der Waals surface area contributed by atoms with Gasteiger partial charge in [0.2, 0.25) is 5.91 Å². The molecule has 26 heavy (non-hydrogen) atoms. The average molecular weight is 371 g/mol. The van der Waals surface area contributed by atoms with Crippen LogP contribution in [0, 0.1) is 0 Å². The largest absolute Gasteiger partial charge is 0.454 e. The second kappa shape index (κ2) is 8.27.